The average Bonchev–Trinajstić information content (AvgIpc) is 2.54. The molecular formula is C13H21NO2. The zero-order valence-corrected chi connectivity index (χ0v) is 10.2. The fourth-order valence-electron chi connectivity index (χ4n) is 3.73. The minimum absolute atomic E-state index is 0.212. The molecule has 1 saturated carbocycles. The quantitative estimate of drug-likeness (QED) is 0.586. The van der Waals surface area contributed by atoms with Gasteiger partial charge in [0.1, 0.15) is 5.60 Å². The second-order valence-electron chi connectivity index (χ2n) is 5.26. The number of hydrogen-bond donors (Lipinski definition) is 1. The van der Waals surface area contributed by atoms with Crippen molar-refractivity contribution in [3.63, 3.8) is 0 Å². The van der Waals surface area contributed by atoms with Crippen LogP contribution in [0.2, 0.25) is 0 Å². The van der Waals surface area contributed by atoms with Crippen LogP contribution < -0.4 is 5.73 Å². The van der Waals surface area contributed by atoms with E-state index in [0.29, 0.717) is 17.9 Å². The van der Waals surface area contributed by atoms with Crippen molar-refractivity contribution < 1.29 is 9.53 Å². The summed E-state index contributed by atoms with van der Waals surface area (Å²) in [6.45, 7) is 4.11. The van der Waals surface area contributed by atoms with Gasteiger partial charge in [0.15, 0.2) is 0 Å². The molecule has 0 aromatic rings. The van der Waals surface area contributed by atoms with Gasteiger partial charge in [0, 0.05) is 19.4 Å². The summed E-state index contributed by atoms with van der Waals surface area (Å²) in [5, 5.41) is 0. The summed E-state index contributed by atoms with van der Waals surface area (Å²) in [4.78, 5) is 11.2. The number of esters is 1. The molecule has 0 amide bonds. The summed E-state index contributed by atoms with van der Waals surface area (Å²) < 4.78 is 5.49. The topological polar surface area (TPSA) is 52.3 Å². The minimum atomic E-state index is -0.409. The van der Waals surface area contributed by atoms with Gasteiger partial charge in [-0.1, -0.05) is 25.5 Å². The molecule has 3 nitrogen and oxygen atoms in total. The number of carbonyl (C=O) groups is 1. The normalized spacial score (nSPS) is 40.3. The number of fused-ring (bicyclic) bond motifs is 1. The fraction of sp³-hybridized carbons (Fsp3) is 0.769. The molecule has 0 bridgehead atoms. The van der Waals surface area contributed by atoms with E-state index in [1.807, 2.05) is 0 Å². The fourth-order valence-corrected chi connectivity index (χ4v) is 3.73. The van der Waals surface area contributed by atoms with E-state index in [0.717, 1.165) is 12.8 Å². The van der Waals surface area contributed by atoms with Crippen LogP contribution in [-0.2, 0) is 9.53 Å². The maximum absolute atomic E-state index is 11.2. The van der Waals surface area contributed by atoms with Crippen molar-refractivity contribution in [3.8, 4) is 0 Å². The highest BCUT2D eigenvalue weighted by atomic mass is 16.6. The third-order valence-electron chi connectivity index (χ3n) is 4.17. The summed E-state index contributed by atoms with van der Waals surface area (Å²) in [5.74, 6) is 0.129. The average molecular weight is 223 g/mol. The third-order valence-corrected chi connectivity index (χ3v) is 4.17. The lowest BCUT2D eigenvalue weighted by atomic mass is 9.50. The van der Waals surface area contributed by atoms with E-state index in [-0.39, 0.29) is 5.97 Å². The molecule has 0 aromatic carbocycles. The lowest BCUT2D eigenvalue weighted by molar-refractivity contribution is -0.203. The van der Waals surface area contributed by atoms with E-state index in [4.69, 9.17) is 10.5 Å². The minimum Gasteiger partial charge on any atom is -0.457 e. The van der Waals surface area contributed by atoms with Gasteiger partial charge in [-0.05, 0) is 24.7 Å². The van der Waals surface area contributed by atoms with Crippen molar-refractivity contribution in [2.45, 2.75) is 45.1 Å². The Morgan fingerprint density at radius 2 is 2.38 bits per heavy atom. The van der Waals surface area contributed by atoms with Gasteiger partial charge in [0.25, 0.3) is 0 Å². The first-order valence-electron chi connectivity index (χ1n) is 6.15. The van der Waals surface area contributed by atoms with Crippen molar-refractivity contribution in [2.24, 2.45) is 17.1 Å². The first-order valence-corrected chi connectivity index (χ1v) is 6.15. The largest absolute Gasteiger partial charge is 0.457 e. The van der Waals surface area contributed by atoms with Crippen molar-refractivity contribution in [3.05, 3.63) is 12.2 Å². The lowest BCUT2D eigenvalue weighted by Crippen LogP contribution is -2.64. The predicted molar refractivity (Wildman–Crippen MR) is 62.8 cm³/mol. The third kappa shape index (κ3) is 1.49. The molecule has 2 N–H and O–H groups in total. The van der Waals surface area contributed by atoms with Gasteiger partial charge >= 0.3 is 5.97 Å². The smallest absolute Gasteiger partial charge is 0.303 e. The molecule has 2 aliphatic rings. The molecule has 90 valence electrons. The molecule has 3 atom stereocenters. The van der Waals surface area contributed by atoms with Crippen molar-refractivity contribution in [2.75, 3.05) is 6.54 Å². The van der Waals surface area contributed by atoms with Gasteiger partial charge in [-0.25, -0.2) is 0 Å². The molecule has 3 heteroatoms. The Morgan fingerprint density at radius 1 is 1.62 bits per heavy atom. The van der Waals surface area contributed by atoms with Crippen LogP contribution in [0, 0.1) is 11.3 Å². The van der Waals surface area contributed by atoms with Gasteiger partial charge < -0.3 is 10.5 Å². The zero-order valence-electron chi connectivity index (χ0n) is 10.2. The van der Waals surface area contributed by atoms with Crippen LogP contribution in [0.5, 0.6) is 0 Å². The molecule has 0 radical (unpaired) electrons. The second-order valence-corrected chi connectivity index (χ2v) is 5.26. The standard InChI is InChI=1S/C13H21NO2/c1-3-6-12-7-4-5-11(12)13(8-12,9-14)16-10(2)15/h4-5,11H,3,6-9,14H2,1-2H3/t11-,12+,13+/m1/s1. The summed E-state index contributed by atoms with van der Waals surface area (Å²) in [7, 11) is 0. The number of carbonyl (C=O) groups excluding carboxylic acids is 1. The van der Waals surface area contributed by atoms with Crippen LogP contribution in [0.15, 0.2) is 12.2 Å². The van der Waals surface area contributed by atoms with Crippen molar-refractivity contribution >= 4 is 5.97 Å². The van der Waals surface area contributed by atoms with Gasteiger partial charge in [-0.2, -0.15) is 0 Å². The number of hydrogen-bond acceptors (Lipinski definition) is 3. The zero-order chi connectivity index (χ0) is 11.8. The Kier molecular flexibility index (Phi) is 2.82. The molecule has 1 fully saturated rings. The molecule has 0 unspecified atom stereocenters. The summed E-state index contributed by atoms with van der Waals surface area (Å²) in [5.41, 5.74) is 5.75. The van der Waals surface area contributed by atoms with E-state index < -0.39 is 5.60 Å². The van der Waals surface area contributed by atoms with E-state index in [9.17, 15) is 4.79 Å². The summed E-state index contributed by atoms with van der Waals surface area (Å²) >= 11 is 0. The predicted octanol–water partition coefficient (Wildman–Crippen LogP) is 2.01. The van der Waals surface area contributed by atoms with E-state index in [2.05, 4.69) is 19.1 Å². The molecule has 0 aromatic heterocycles. The molecule has 2 aliphatic carbocycles. The number of nitrogens with two attached hydrogens (primary N) is 1. The van der Waals surface area contributed by atoms with Crippen LogP contribution in [-0.4, -0.2) is 18.1 Å². The molecule has 2 rings (SSSR count). The molecule has 0 spiro atoms. The van der Waals surface area contributed by atoms with Gasteiger partial charge in [-0.3, -0.25) is 4.79 Å². The molecule has 0 saturated heterocycles. The molecular weight excluding hydrogens is 202 g/mol. The highest BCUT2D eigenvalue weighted by molar-refractivity contribution is 5.67. The lowest BCUT2D eigenvalue weighted by Gasteiger charge is -2.58. The second kappa shape index (κ2) is 3.88. The Bertz CT molecular complexity index is 326. The van der Waals surface area contributed by atoms with Crippen LogP contribution in [0.25, 0.3) is 0 Å². The molecule has 0 heterocycles. The highest BCUT2D eigenvalue weighted by Crippen LogP contribution is 2.63. The van der Waals surface area contributed by atoms with E-state index >= 15 is 0 Å². The summed E-state index contributed by atoms with van der Waals surface area (Å²) in [6.07, 6.45) is 8.86. The Labute approximate surface area is 97.0 Å². The number of ether oxygens (including phenoxy) is 1. The van der Waals surface area contributed by atoms with Crippen LogP contribution in [0.1, 0.15) is 39.5 Å². The van der Waals surface area contributed by atoms with Crippen molar-refractivity contribution in [1.82, 2.24) is 0 Å². The van der Waals surface area contributed by atoms with Gasteiger partial charge in [-0.15, -0.1) is 0 Å². The van der Waals surface area contributed by atoms with E-state index in [1.54, 1.807) is 0 Å². The monoisotopic (exact) mass is 223 g/mol. The van der Waals surface area contributed by atoms with Crippen molar-refractivity contribution in [1.29, 1.82) is 0 Å². The highest BCUT2D eigenvalue weighted by Gasteiger charge is 2.64. The maximum Gasteiger partial charge on any atom is 0.303 e. The molecule has 16 heavy (non-hydrogen) atoms. The van der Waals surface area contributed by atoms with Gasteiger partial charge in [0.2, 0.25) is 0 Å². The first-order chi connectivity index (χ1) is 7.58. The first kappa shape index (κ1) is 11.6. The van der Waals surface area contributed by atoms with Crippen LogP contribution >= 0.6 is 0 Å². The molecule has 0 aliphatic heterocycles. The van der Waals surface area contributed by atoms with Crippen LogP contribution in [0.3, 0.4) is 0 Å². The summed E-state index contributed by atoms with van der Waals surface area (Å²) in [6, 6.07) is 0. The Morgan fingerprint density at radius 3 is 2.94 bits per heavy atom. The Balaban J connectivity index is 2.15. The maximum atomic E-state index is 11.2. The van der Waals surface area contributed by atoms with Gasteiger partial charge in [0.05, 0.1) is 0 Å². The SMILES string of the molecule is CCC[C@@]12CC=C[C@H]1[C@](CN)(OC(C)=O)C2. The van der Waals surface area contributed by atoms with E-state index in [1.165, 1.54) is 19.8 Å². The Hall–Kier alpha value is -0.830. The van der Waals surface area contributed by atoms with Crippen LogP contribution in [0.4, 0.5) is 0 Å². The number of allylic oxidation sites excluding steroid dienone is 1. The number of rotatable bonds is 4.